The lowest BCUT2D eigenvalue weighted by molar-refractivity contribution is 0.0899. The molecule has 1 aromatic rings. The second-order valence-corrected chi connectivity index (χ2v) is 6.48. The molecular formula is C18H28N2O. The molecule has 0 bridgehead atoms. The van der Waals surface area contributed by atoms with Gasteiger partial charge in [-0.15, -0.1) is 0 Å². The molecule has 3 atom stereocenters. The quantitative estimate of drug-likeness (QED) is 0.857. The molecule has 0 saturated heterocycles. The monoisotopic (exact) mass is 288 g/mol. The average Bonchev–Trinajstić information content (AvgIpc) is 2.48. The van der Waals surface area contributed by atoms with Crippen molar-refractivity contribution in [3.63, 3.8) is 0 Å². The van der Waals surface area contributed by atoms with Crippen LogP contribution in [0.3, 0.4) is 0 Å². The van der Waals surface area contributed by atoms with E-state index in [2.05, 4.69) is 31.4 Å². The molecule has 0 heterocycles. The summed E-state index contributed by atoms with van der Waals surface area (Å²) in [5, 5.41) is 6.53. The highest BCUT2D eigenvalue weighted by atomic mass is 16.1. The predicted octanol–water partition coefficient (Wildman–Crippen LogP) is 4.06. The first kappa shape index (κ1) is 15.9. The van der Waals surface area contributed by atoms with E-state index in [9.17, 15) is 4.79 Å². The van der Waals surface area contributed by atoms with E-state index in [1.54, 1.807) is 0 Å². The van der Waals surface area contributed by atoms with Crippen LogP contribution in [0.2, 0.25) is 0 Å². The predicted molar refractivity (Wildman–Crippen MR) is 88.7 cm³/mol. The van der Waals surface area contributed by atoms with E-state index < -0.39 is 0 Å². The number of rotatable bonds is 5. The molecule has 1 aromatic carbocycles. The van der Waals surface area contributed by atoms with Crippen molar-refractivity contribution in [1.29, 1.82) is 0 Å². The lowest BCUT2D eigenvalue weighted by atomic mass is 9.80. The van der Waals surface area contributed by atoms with Crippen molar-refractivity contribution >= 4 is 11.6 Å². The molecule has 1 amide bonds. The highest BCUT2D eigenvalue weighted by molar-refractivity contribution is 5.94. The van der Waals surface area contributed by atoms with Gasteiger partial charge in [-0.3, -0.25) is 4.79 Å². The van der Waals surface area contributed by atoms with E-state index >= 15 is 0 Å². The zero-order valence-electron chi connectivity index (χ0n) is 13.5. The van der Waals surface area contributed by atoms with Gasteiger partial charge in [-0.1, -0.05) is 20.8 Å². The fourth-order valence-electron chi connectivity index (χ4n) is 3.14. The normalized spacial score (nSPS) is 25.4. The molecule has 1 fully saturated rings. The fraction of sp³-hybridized carbons (Fsp3) is 0.611. The first-order valence-electron chi connectivity index (χ1n) is 8.25. The van der Waals surface area contributed by atoms with Gasteiger partial charge < -0.3 is 10.6 Å². The second-order valence-electron chi connectivity index (χ2n) is 6.48. The Morgan fingerprint density at radius 2 is 1.90 bits per heavy atom. The van der Waals surface area contributed by atoms with Gasteiger partial charge in [0.15, 0.2) is 0 Å². The van der Waals surface area contributed by atoms with Crippen molar-refractivity contribution in [3.05, 3.63) is 29.8 Å². The van der Waals surface area contributed by atoms with Crippen molar-refractivity contribution in [1.82, 2.24) is 5.32 Å². The van der Waals surface area contributed by atoms with E-state index in [1.165, 1.54) is 12.8 Å². The zero-order chi connectivity index (χ0) is 15.2. The van der Waals surface area contributed by atoms with E-state index in [4.69, 9.17) is 0 Å². The third-order valence-electron chi connectivity index (χ3n) is 4.47. The molecule has 1 saturated carbocycles. The fourth-order valence-corrected chi connectivity index (χ4v) is 3.14. The molecule has 116 valence electrons. The second kappa shape index (κ2) is 7.48. The summed E-state index contributed by atoms with van der Waals surface area (Å²) in [4.78, 5) is 12.3. The number of hydrogen-bond acceptors (Lipinski definition) is 2. The van der Waals surface area contributed by atoms with Crippen LogP contribution in [0.1, 0.15) is 56.8 Å². The van der Waals surface area contributed by atoms with Gasteiger partial charge in [0, 0.05) is 23.8 Å². The van der Waals surface area contributed by atoms with Gasteiger partial charge in [-0.05, 0) is 61.8 Å². The van der Waals surface area contributed by atoms with Crippen molar-refractivity contribution in [3.8, 4) is 0 Å². The Balaban J connectivity index is 1.91. The molecule has 3 nitrogen and oxygen atoms in total. The minimum Gasteiger partial charge on any atom is -0.385 e. The van der Waals surface area contributed by atoms with Crippen LogP contribution < -0.4 is 10.6 Å². The highest BCUT2D eigenvalue weighted by Crippen LogP contribution is 2.28. The minimum absolute atomic E-state index is 0.0587. The van der Waals surface area contributed by atoms with Crippen LogP contribution in [-0.2, 0) is 0 Å². The van der Waals surface area contributed by atoms with Crippen LogP contribution in [0.15, 0.2) is 24.3 Å². The van der Waals surface area contributed by atoms with E-state index in [-0.39, 0.29) is 5.91 Å². The van der Waals surface area contributed by atoms with Crippen LogP contribution in [-0.4, -0.2) is 18.5 Å². The Morgan fingerprint density at radius 1 is 1.19 bits per heavy atom. The maximum atomic E-state index is 12.3. The van der Waals surface area contributed by atoms with E-state index in [1.807, 2.05) is 24.3 Å². The standard InChI is InChI=1S/C18H28N2O/c1-4-11-19-16-8-6-15(7-9-16)18(21)20-17-10-5-13(2)12-14(17)3/h6-9,13-14,17,19H,4-5,10-12H2,1-3H3,(H,20,21). The number of hydrogen-bond donors (Lipinski definition) is 2. The summed E-state index contributed by atoms with van der Waals surface area (Å²) < 4.78 is 0. The maximum absolute atomic E-state index is 12.3. The lowest BCUT2D eigenvalue weighted by Crippen LogP contribution is -2.42. The Morgan fingerprint density at radius 3 is 2.52 bits per heavy atom. The molecule has 3 unspecified atom stereocenters. The molecular weight excluding hydrogens is 260 g/mol. The molecule has 3 heteroatoms. The average molecular weight is 288 g/mol. The summed E-state index contributed by atoms with van der Waals surface area (Å²) >= 11 is 0. The highest BCUT2D eigenvalue weighted by Gasteiger charge is 2.26. The Hall–Kier alpha value is -1.51. The summed E-state index contributed by atoms with van der Waals surface area (Å²) in [7, 11) is 0. The number of nitrogens with one attached hydrogen (secondary N) is 2. The van der Waals surface area contributed by atoms with Gasteiger partial charge in [0.05, 0.1) is 0 Å². The van der Waals surface area contributed by atoms with Gasteiger partial charge in [-0.2, -0.15) is 0 Å². The van der Waals surface area contributed by atoms with Crippen LogP contribution in [0, 0.1) is 11.8 Å². The SMILES string of the molecule is CCCNc1ccc(C(=O)NC2CCC(C)CC2C)cc1. The molecule has 0 spiro atoms. The zero-order valence-corrected chi connectivity index (χ0v) is 13.5. The van der Waals surface area contributed by atoms with Crippen LogP contribution >= 0.6 is 0 Å². The van der Waals surface area contributed by atoms with Crippen molar-refractivity contribution in [2.75, 3.05) is 11.9 Å². The Labute approximate surface area is 128 Å². The van der Waals surface area contributed by atoms with Gasteiger partial charge in [0.2, 0.25) is 0 Å². The largest absolute Gasteiger partial charge is 0.385 e. The smallest absolute Gasteiger partial charge is 0.251 e. The topological polar surface area (TPSA) is 41.1 Å². The lowest BCUT2D eigenvalue weighted by Gasteiger charge is -2.33. The van der Waals surface area contributed by atoms with Crippen LogP contribution in [0.4, 0.5) is 5.69 Å². The number of anilines is 1. The van der Waals surface area contributed by atoms with Gasteiger partial charge in [0.25, 0.3) is 5.91 Å². The summed E-state index contributed by atoms with van der Waals surface area (Å²) in [5.74, 6) is 1.42. The summed E-state index contributed by atoms with van der Waals surface area (Å²) in [6.07, 6.45) is 4.63. The Bertz CT molecular complexity index is 455. The number of benzene rings is 1. The number of carbonyl (C=O) groups is 1. The van der Waals surface area contributed by atoms with E-state index in [0.29, 0.717) is 12.0 Å². The van der Waals surface area contributed by atoms with Gasteiger partial charge in [-0.25, -0.2) is 0 Å². The summed E-state index contributed by atoms with van der Waals surface area (Å²) in [5.41, 5.74) is 1.83. The van der Waals surface area contributed by atoms with E-state index in [0.717, 1.165) is 36.6 Å². The first-order chi connectivity index (χ1) is 10.1. The minimum atomic E-state index is 0.0587. The molecule has 0 radical (unpaired) electrons. The maximum Gasteiger partial charge on any atom is 0.251 e. The van der Waals surface area contributed by atoms with Gasteiger partial charge >= 0.3 is 0 Å². The molecule has 1 aliphatic carbocycles. The third kappa shape index (κ3) is 4.48. The van der Waals surface area contributed by atoms with Crippen molar-refractivity contribution in [2.45, 2.75) is 52.5 Å². The van der Waals surface area contributed by atoms with Crippen molar-refractivity contribution in [2.24, 2.45) is 11.8 Å². The Kier molecular flexibility index (Phi) is 5.66. The van der Waals surface area contributed by atoms with Crippen LogP contribution in [0.25, 0.3) is 0 Å². The number of amides is 1. The molecule has 2 N–H and O–H groups in total. The summed E-state index contributed by atoms with van der Waals surface area (Å²) in [6, 6.07) is 8.10. The molecule has 21 heavy (non-hydrogen) atoms. The molecule has 1 aliphatic rings. The first-order valence-corrected chi connectivity index (χ1v) is 8.25. The number of carbonyl (C=O) groups excluding carboxylic acids is 1. The van der Waals surface area contributed by atoms with Crippen molar-refractivity contribution < 1.29 is 4.79 Å². The third-order valence-corrected chi connectivity index (χ3v) is 4.47. The molecule has 0 aromatic heterocycles. The van der Waals surface area contributed by atoms with Gasteiger partial charge in [0.1, 0.15) is 0 Å². The van der Waals surface area contributed by atoms with Crippen LogP contribution in [0.5, 0.6) is 0 Å². The summed E-state index contributed by atoms with van der Waals surface area (Å²) in [6.45, 7) is 7.65. The molecule has 0 aliphatic heterocycles. The molecule has 2 rings (SSSR count).